The molecule has 1 aromatic heterocycles. The molecule has 0 aliphatic rings. The SMILES string of the molecule is CCCCC(CC)COP(=O)(O)OCC(CC)CCCC.Oc1c[nH]c2ccccc12. The number of unbranched alkanes of at least 4 members (excludes halogenated alkanes) is 2. The van der Waals surface area contributed by atoms with Gasteiger partial charge >= 0.3 is 7.82 Å². The highest BCUT2D eigenvalue weighted by molar-refractivity contribution is 7.47. The van der Waals surface area contributed by atoms with Crippen LogP contribution in [0.1, 0.15) is 79.1 Å². The van der Waals surface area contributed by atoms with E-state index in [1.165, 1.54) is 0 Å². The van der Waals surface area contributed by atoms with Crippen molar-refractivity contribution in [2.45, 2.75) is 79.1 Å². The monoisotopic (exact) mass is 455 g/mol. The molecule has 0 saturated heterocycles. The minimum Gasteiger partial charge on any atom is -0.506 e. The van der Waals surface area contributed by atoms with Crippen LogP contribution in [0.4, 0.5) is 0 Å². The molecule has 2 aromatic rings. The number of aromatic amines is 1. The van der Waals surface area contributed by atoms with Gasteiger partial charge in [-0.05, 0) is 36.8 Å². The van der Waals surface area contributed by atoms with Crippen LogP contribution in [-0.4, -0.2) is 28.2 Å². The molecular formula is C24H42NO5P. The Hall–Kier alpha value is -1.33. The van der Waals surface area contributed by atoms with E-state index in [9.17, 15) is 14.6 Å². The summed E-state index contributed by atoms with van der Waals surface area (Å²) in [4.78, 5) is 12.7. The number of rotatable bonds is 14. The van der Waals surface area contributed by atoms with Crippen molar-refractivity contribution in [1.82, 2.24) is 4.98 Å². The second-order valence-corrected chi connectivity index (χ2v) is 9.57. The molecule has 0 spiro atoms. The number of nitrogens with one attached hydrogen (secondary N) is 1. The summed E-state index contributed by atoms with van der Waals surface area (Å²) in [6, 6.07) is 7.63. The summed E-state index contributed by atoms with van der Waals surface area (Å²) in [5, 5.41) is 10.1. The van der Waals surface area contributed by atoms with E-state index in [0.717, 1.165) is 62.3 Å². The average Bonchev–Trinajstić information content (AvgIpc) is 3.15. The molecule has 3 N–H and O–H groups in total. The summed E-state index contributed by atoms with van der Waals surface area (Å²) >= 11 is 0. The van der Waals surface area contributed by atoms with E-state index in [1.807, 2.05) is 24.3 Å². The Labute approximate surface area is 188 Å². The highest BCUT2D eigenvalue weighted by Crippen LogP contribution is 2.44. The first kappa shape index (κ1) is 27.7. The maximum atomic E-state index is 11.9. The van der Waals surface area contributed by atoms with Gasteiger partial charge in [0.2, 0.25) is 0 Å². The van der Waals surface area contributed by atoms with Crippen molar-refractivity contribution < 1.29 is 23.6 Å². The van der Waals surface area contributed by atoms with Gasteiger partial charge in [-0.25, -0.2) is 4.57 Å². The van der Waals surface area contributed by atoms with E-state index < -0.39 is 7.82 Å². The highest BCUT2D eigenvalue weighted by Gasteiger charge is 2.24. The quantitative estimate of drug-likeness (QED) is 0.258. The largest absolute Gasteiger partial charge is 0.506 e. The molecule has 1 heterocycles. The normalized spacial score (nSPS) is 15.1. The zero-order valence-electron chi connectivity index (χ0n) is 19.7. The lowest BCUT2D eigenvalue weighted by Crippen LogP contribution is -2.12. The van der Waals surface area contributed by atoms with E-state index in [0.29, 0.717) is 30.8 Å². The maximum Gasteiger partial charge on any atom is 0.472 e. The van der Waals surface area contributed by atoms with Crippen LogP contribution in [0.25, 0.3) is 10.9 Å². The lowest BCUT2D eigenvalue weighted by molar-refractivity contribution is 0.110. The first-order valence-electron chi connectivity index (χ1n) is 11.7. The molecule has 0 radical (unpaired) electrons. The van der Waals surface area contributed by atoms with Gasteiger partial charge in [0.1, 0.15) is 5.75 Å². The number of benzene rings is 1. The van der Waals surface area contributed by atoms with Crippen LogP contribution in [-0.2, 0) is 13.6 Å². The summed E-state index contributed by atoms with van der Waals surface area (Å²) in [7, 11) is -3.89. The first-order chi connectivity index (χ1) is 14.9. The summed E-state index contributed by atoms with van der Waals surface area (Å²) in [6.45, 7) is 9.10. The van der Waals surface area contributed by atoms with Gasteiger partial charge < -0.3 is 15.0 Å². The Morgan fingerprint density at radius 1 is 0.935 bits per heavy atom. The first-order valence-corrected chi connectivity index (χ1v) is 13.2. The molecule has 0 bridgehead atoms. The van der Waals surface area contributed by atoms with Gasteiger partial charge in [-0.1, -0.05) is 78.4 Å². The van der Waals surface area contributed by atoms with Gasteiger partial charge in [0.05, 0.1) is 13.2 Å². The van der Waals surface area contributed by atoms with Gasteiger partial charge in [-0.3, -0.25) is 9.05 Å². The summed E-state index contributed by atoms with van der Waals surface area (Å²) in [6.07, 6.45) is 10.1. The Bertz CT molecular complexity index is 739. The van der Waals surface area contributed by atoms with Gasteiger partial charge in [0.15, 0.2) is 0 Å². The van der Waals surface area contributed by atoms with Crippen molar-refractivity contribution in [3.8, 4) is 5.75 Å². The van der Waals surface area contributed by atoms with Gasteiger partial charge in [-0.15, -0.1) is 0 Å². The molecule has 0 fully saturated rings. The number of para-hydroxylation sites is 1. The van der Waals surface area contributed by atoms with Crippen LogP contribution in [0.2, 0.25) is 0 Å². The molecule has 7 heteroatoms. The lowest BCUT2D eigenvalue weighted by atomic mass is 10.0. The number of aromatic hydroxyl groups is 1. The number of phosphoric ester groups is 1. The Morgan fingerprint density at radius 2 is 1.45 bits per heavy atom. The van der Waals surface area contributed by atoms with E-state index in [-0.39, 0.29) is 0 Å². The Morgan fingerprint density at radius 3 is 1.90 bits per heavy atom. The van der Waals surface area contributed by atoms with Gasteiger partial charge in [0.25, 0.3) is 0 Å². The van der Waals surface area contributed by atoms with Crippen molar-refractivity contribution in [1.29, 1.82) is 0 Å². The number of fused-ring (bicyclic) bond motifs is 1. The second kappa shape index (κ2) is 15.5. The van der Waals surface area contributed by atoms with Crippen LogP contribution >= 0.6 is 7.82 Å². The smallest absolute Gasteiger partial charge is 0.472 e. The fourth-order valence-electron chi connectivity index (χ4n) is 3.29. The predicted octanol–water partition coefficient (Wildman–Crippen LogP) is 7.43. The third-order valence-electron chi connectivity index (χ3n) is 5.60. The Balaban J connectivity index is 0.000000391. The van der Waals surface area contributed by atoms with Crippen molar-refractivity contribution >= 4 is 18.7 Å². The molecule has 0 amide bonds. The highest BCUT2D eigenvalue weighted by atomic mass is 31.2. The second-order valence-electron chi connectivity index (χ2n) is 8.11. The number of hydrogen-bond acceptors (Lipinski definition) is 4. The van der Waals surface area contributed by atoms with Gasteiger partial charge in [0, 0.05) is 17.1 Å². The van der Waals surface area contributed by atoms with Crippen LogP contribution < -0.4 is 0 Å². The molecule has 2 rings (SSSR count). The molecular weight excluding hydrogens is 413 g/mol. The molecule has 0 aliphatic carbocycles. The molecule has 2 unspecified atom stereocenters. The van der Waals surface area contributed by atoms with Crippen molar-refractivity contribution in [2.24, 2.45) is 11.8 Å². The third kappa shape index (κ3) is 11.2. The van der Waals surface area contributed by atoms with Crippen LogP contribution in [0.3, 0.4) is 0 Å². The minimum atomic E-state index is -3.89. The number of phosphoric acid groups is 1. The van der Waals surface area contributed by atoms with Crippen molar-refractivity contribution in [3.05, 3.63) is 30.5 Å². The molecule has 178 valence electrons. The summed E-state index contributed by atoms with van der Waals surface area (Å²) in [5.74, 6) is 1.00. The summed E-state index contributed by atoms with van der Waals surface area (Å²) < 4.78 is 22.2. The minimum absolute atomic E-state index is 0.315. The van der Waals surface area contributed by atoms with E-state index >= 15 is 0 Å². The zero-order chi connectivity index (χ0) is 23.1. The van der Waals surface area contributed by atoms with E-state index in [1.54, 1.807) is 6.20 Å². The lowest BCUT2D eigenvalue weighted by Gasteiger charge is -2.20. The number of aromatic nitrogens is 1. The molecule has 6 nitrogen and oxygen atoms in total. The van der Waals surface area contributed by atoms with Crippen LogP contribution in [0.5, 0.6) is 5.75 Å². The van der Waals surface area contributed by atoms with E-state index in [4.69, 9.17) is 9.05 Å². The fourth-order valence-corrected chi connectivity index (χ4v) is 4.16. The topological polar surface area (TPSA) is 91.8 Å². The predicted molar refractivity (Wildman–Crippen MR) is 128 cm³/mol. The Kier molecular flexibility index (Phi) is 13.8. The maximum absolute atomic E-state index is 11.9. The van der Waals surface area contributed by atoms with E-state index in [2.05, 4.69) is 32.7 Å². The number of hydrogen-bond donors (Lipinski definition) is 3. The molecule has 2 atom stereocenters. The standard InChI is InChI=1S/C16H35O4P.C8H7NO/c1-5-9-11-15(7-3)13-19-21(17,18)20-14-16(8-4)12-10-6-2;10-8-5-9-7-4-2-1-3-6(7)8/h15-16H,5-14H2,1-4H3,(H,17,18);1-5,9-10H. The molecule has 0 aliphatic heterocycles. The molecule has 1 aromatic carbocycles. The third-order valence-corrected chi connectivity index (χ3v) is 6.55. The van der Waals surface area contributed by atoms with Crippen molar-refractivity contribution in [3.63, 3.8) is 0 Å². The fraction of sp³-hybridized carbons (Fsp3) is 0.667. The summed E-state index contributed by atoms with van der Waals surface area (Å²) in [5.41, 5.74) is 0.972. The van der Waals surface area contributed by atoms with Crippen LogP contribution in [0.15, 0.2) is 30.5 Å². The molecule has 0 saturated carbocycles. The van der Waals surface area contributed by atoms with Crippen LogP contribution in [0, 0.1) is 11.8 Å². The van der Waals surface area contributed by atoms with Gasteiger partial charge in [-0.2, -0.15) is 0 Å². The molecule has 31 heavy (non-hydrogen) atoms. The van der Waals surface area contributed by atoms with Crippen molar-refractivity contribution in [2.75, 3.05) is 13.2 Å². The zero-order valence-corrected chi connectivity index (χ0v) is 20.6. The number of H-pyrrole nitrogens is 1. The average molecular weight is 456 g/mol.